The molecule has 0 radical (unpaired) electrons. The number of pyridine rings is 1. The van der Waals surface area contributed by atoms with Crippen molar-refractivity contribution in [2.75, 3.05) is 14.2 Å². The van der Waals surface area contributed by atoms with Crippen LogP contribution in [-0.2, 0) is 13.0 Å². The smallest absolute Gasteiger partial charge is 0.204 e. The van der Waals surface area contributed by atoms with E-state index in [-0.39, 0.29) is 24.6 Å². The van der Waals surface area contributed by atoms with Gasteiger partial charge in [-0.3, -0.25) is 9.78 Å². The van der Waals surface area contributed by atoms with E-state index in [4.69, 9.17) is 49.0 Å². The third-order valence-corrected chi connectivity index (χ3v) is 5.25. The molecule has 156 valence electrons. The molecular formula is C22H18Cl3NO4. The molecule has 0 bridgehead atoms. The SMILES string of the molecule is COc1ccc(C(=O)Cc2c(Cl)cncc2Cl)c(OCc2cccc(Cl)c2)c1OC. The molecule has 0 N–H and O–H groups in total. The lowest BCUT2D eigenvalue weighted by atomic mass is 10.0. The van der Waals surface area contributed by atoms with Gasteiger partial charge in [-0.15, -0.1) is 0 Å². The Kier molecular flexibility index (Phi) is 7.43. The number of Topliss-reactive ketones (excluding diaryl/α,β-unsaturated/α-hetero) is 1. The van der Waals surface area contributed by atoms with Crippen molar-refractivity contribution in [2.45, 2.75) is 13.0 Å². The Hall–Kier alpha value is -2.47. The van der Waals surface area contributed by atoms with E-state index in [9.17, 15) is 4.79 Å². The molecule has 0 saturated carbocycles. The van der Waals surface area contributed by atoms with Crippen molar-refractivity contribution in [1.29, 1.82) is 0 Å². The molecule has 0 aliphatic heterocycles. The fraction of sp³-hybridized carbons (Fsp3) is 0.182. The van der Waals surface area contributed by atoms with Crippen LogP contribution in [0.5, 0.6) is 17.2 Å². The topological polar surface area (TPSA) is 57.7 Å². The summed E-state index contributed by atoms with van der Waals surface area (Å²) in [6, 6.07) is 10.5. The molecule has 3 rings (SSSR count). The van der Waals surface area contributed by atoms with Gasteiger partial charge < -0.3 is 14.2 Å². The molecule has 0 atom stereocenters. The zero-order chi connectivity index (χ0) is 21.7. The van der Waals surface area contributed by atoms with Gasteiger partial charge in [0.05, 0.1) is 29.8 Å². The van der Waals surface area contributed by atoms with Crippen LogP contribution in [0.3, 0.4) is 0 Å². The Labute approximate surface area is 189 Å². The van der Waals surface area contributed by atoms with Gasteiger partial charge in [-0.1, -0.05) is 46.9 Å². The second kappa shape index (κ2) is 10.0. The largest absolute Gasteiger partial charge is 0.493 e. The summed E-state index contributed by atoms with van der Waals surface area (Å²) in [4.78, 5) is 17.1. The normalized spacial score (nSPS) is 10.6. The molecule has 2 aromatic carbocycles. The number of carbonyl (C=O) groups excluding carboxylic acids is 1. The van der Waals surface area contributed by atoms with Crippen LogP contribution in [0.4, 0.5) is 0 Å². The van der Waals surface area contributed by atoms with Gasteiger partial charge in [-0.2, -0.15) is 0 Å². The van der Waals surface area contributed by atoms with Crippen LogP contribution in [0.15, 0.2) is 48.8 Å². The second-order valence-electron chi connectivity index (χ2n) is 6.28. The summed E-state index contributed by atoms with van der Waals surface area (Å²) < 4.78 is 16.8. The first-order chi connectivity index (χ1) is 14.4. The number of hydrogen-bond acceptors (Lipinski definition) is 5. The highest BCUT2D eigenvalue weighted by atomic mass is 35.5. The van der Waals surface area contributed by atoms with E-state index < -0.39 is 0 Å². The van der Waals surface area contributed by atoms with Gasteiger partial charge in [0.1, 0.15) is 6.61 Å². The predicted octanol–water partition coefficient (Wildman–Crippen LogP) is 6.06. The predicted molar refractivity (Wildman–Crippen MR) is 118 cm³/mol. The number of nitrogens with zero attached hydrogens (tertiary/aromatic N) is 1. The number of rotatable bonds is 8. The monoisotopic (exact) mass is 465 g/mol. The Balaban J connectivity index is 1.97. The van der Waals surface area contributed by atoms with Gasteiger partial charge >= 0.3 is 0 Å². The summed E-state index contributed by atoms with van der Waals surface area (Å²) >= 11 is 18.4. The molecule has 0 unspecified atom stereocenters. The average molecular weight is 467 g/mol. The van der Waals surface area contributed by atoms with E-state index in [1.165, 1.54) is 26.6 Å². The van der Waals surface area contributed by atoms with Gasteiger partial charge in [0.2, 0.25) is 5.75 Å². The number of ether oxygens (including phenoxy) is 3. The zero-order valence-electron chi connectivity index (χ0n) is 16.2. The van der Waals surface area contributed by atoms with Crippen molar-refractivity contribution in [3.8, 4) is 17.2 Å². The highest BCUT2D eigenvalue weighted by Crippen LogP contribution is 2.41. The molecule has 0 aliphatic rings. The standard InChI is InChI=1S/C22H18Cl3NO4/c1-28-20-7-6-15(19(27)9-16-17(24)10-26-11-18(16)25)21(22(20)29-2)30-12-13-4-3-5-14(23)8-13/h3-8,10-11H,9,12H2,1-2H3. The summed E-state index contributed by atoms with van der Waals surface area (Å²) in [5.74, 6) is 0.780. The number of ketones is 1. The van der Waals surface area contributed by atoms with E-state index in [0.29, 0.717) is 37.7 Å². The summed E-state index contributed by atoms with van der Waals surface area (Å²) in [5.41, 5.74) is 1.65. The fourth-order valence-corrected chi connectivity index (χ4v) is 3.62. The Morgan fingerprint density at radius 2 is 1.70 bits per heavy atom. The van der Waals surface area contributed by atoms with Gasteiger partial charge in [-0.05, 0) is 29.8 Å². The van der Waals surface area contributed by atoms with E-state index >= 15 is 0 Å². The minimum Gasteiger partial charge on any atom is -0.493 e. The molecule has 1 heterocycles. The lowest BCUT2D eigenvalue weighted by Gasteiger charge is -2.17. The number of halogens is 3. The summed E-state index contributed by atoms with van der Waals surface area (Å²) in [5, 5.41) is 1.22. The van der Waals surface area contributed by atoms with Crippen molar-refractivity contribution in [1.82, 2.24) is 4.98 Å². The maximum atomic E-state index is 13.1. The minimum atomic E-state index is -0.243. The number of benzene rings is 2. The summed E-state index contributed by atoms with van der Waals surface area (Å²) in [6.45, 7) is 0.182. The molecule has 1 aromatic heterocycles. The molecule has 0 saturated heterocycles. The minimum absolute atomic E-state index is 0.0246. The van der Waals surface area contributed by atoms with Crippen LogP contribution in [0.25, 0.3) is 0 Å². The maximum absolute atomic E-state index is 13.1. The number of carbonyl (C=O) groups is 1. The van der Waals surface area contributed by atoms with Crippen LogP contribution in [0.2, 0.25) is 15.1 Å². The first-order valence-electron chi connectivity index (χ1n) is 8.88. The van der Waals surface area contributed by atoms with Crippen LogP contribution < -0.4 is 14.2 Å². The maximum Gasteiger partial charge on any atom is 0.204 e. The van der Waals surface area contributed by atoms with Gasteiger partial charge in [-0.25, -0.2) is 0 Å². The van der Waals surface area contributed by atoms with Crippen molar-refractivity contribution in [3.63, 3.8) is 0 Å². The summed E-state index contributed by atoms with van der Waals surface area (Å²) in [7, 11) is 2.99. The molecular weight excluding hydrogens is 449 g/mol. The van der Waals surface area contributed by atoms with Crippen LogP contribution >= 0.6 is 34.8 Å². The highest BCUT2D eigenvalue weighted by Gasteiger charge is 2.23. The van der Waals surface area contributed by atoms with E-state index in [0.717, 1.165) is 5.56 Å². The van der Waals surface area contributed by atoms with Gasteiger partial charge in [0.15, 0.2) is 17.3 Å². The Morgan fingerprint density at radius 3 is 2.33 bits per heavy atom. The van der Waals surface area contributed by atoms with Gasteiger partial charge in [0.25, 0.3) is 0 Å². The van der Waals surface area contributed by atoms with E-state index in [1.54, 1.807) is 24.3 Å². The Morgan fingerprint density at radius 1 is 0.967 bits per heavy atom. The average Bonchev–Trinajstić information content (AvgIpc) is 2.74. The van der Waals surface area contributed by atoms with E-state index in [1.807, 2.05) is 12.1 Å². The molecule has 0 amide bonds. The molecule has 0 aliphatic carbocycles. The fourth-order valence-electron chi connectivity index (χ4n) is 2.91. The van der Waals surface area contributed by atoms with E-state index in [2.05, 4.69) is 4.98 Å². The third kappa shape index (κ3) is 4.98. The second-order valence-corrected chi connectivity index (χ2v) is 7.53. The van der Waals surface area contributed by atoms with Gasteiger partial charge in [0, 0.05) is 29.4 Å². The highest BCUT2D eigenvalue weighted by molar-refractivity contribution is 6.36. The number of aromatic nitrogens is 1. The third-order valence-electron chi connectivity index (χ3n) is 4.36. The van der Waals surface area contributed by atoms with Crippen molar-refractivity contribution >= 4 is 40.6 Å². The van der Waals surface area contributed by atoms with Crippen molar-refractivity contribution < 1.29 is 19.0 Å². The molecule has 3 aromatic rings. The molecule has 5 nitrogen and oxygen atoms in total. The molecule has 8 heteroatoms. The lowest BCUT2D eigenvalue weighted by molar-refractivity contribution is 0.0987. The quantitative estimate of drug-likeness (QED) is 0.377. The van der Waals surface area contributed by atoms with Crippen molar-refractivity contribution in [2.24, 2.45) is 0 Å². The van der Waals surface area contributed by atoms with Crippen LogP contribution in [0.1, 0.15) is 21.5 Å². The number of methoxy groups -OCH3 is 2. The van der Waals surface area contributed by atoms with Crippen molar-refractivity contribution in [3.05, 3.63) is 80.6 Å². The summed E-state index contributed by atoms with van der Waals surface area (Å²) in [6.07, 6.45) is 2.87. The molecule has 0 spiro atoms. The first-order valence-corrected chi connectivity index (χ1v) is 10.0. The molecule has 0 fully saturated rings. The lowest BCUT2D eigenvalue weighted by Crippen LogP contribution is -2.10. The number of hydrogen-bond donors (Lipinski definition) is 0. The Bertz CT molecular complexity index is 1050. The van der Waals surface area contributed by atoms with Crippen LogP contribution in [0, 0.1) is 0 Å². The van der Waals surface area contributed by atoms with Crippen LogP contribution in [-0.4, -0.2) is 25.0 Å². The molecule has 30 heavy (non-hydrogen) atoms. The zero-order valence-corrected chi connectivity index (χ0v) is 18.5. The first kappa shape index (κ1) is 22.2.